The van der Waals surface area contributed by atoms with E-state index < -0.39 is 5.41 Å². The maximum Gasteiger partial charge on any atom is 0.230 e. The molecule has 2 aliphatic rings. The van der Waals surface area contributed by atoms with Gasteiger partial charge in [0.2, 0.25) is 11.8 Å². The molecule has 4 rings (SSSR count). The lowest BCUT2D eigenvalue weighted by Crippen LogP contribution is -2.54. The molecule has 0 aromatic heterocycles. The molecule has 2 amide bonds. The number of likely N-dealkylation sites (tertiary alicyclic amines) is 1. The quantitative estimate of drug-likeness (QED) is 0.624. The van der Waals surface area contributed by atoms with Crippen LogP contribution in [-0.4, -0.2) is 61.5 Å². The molecule has 2 fully saturated rings. The molecule has 0 N–H and O–H groups in total. The number of nitrogens with zero attached hydrogens (tertiary/aromatic N) is 2. The van der Waals surface area contributed by atoms with E-state index in [1.54, 1.807) is 4.90 Å². The Hall–Kier alpha value is -2.66. The molecule has 2 saturated heterocycles. The van der Waals surface area contributed by atoms with Crippen LogP contribution in [0.3, 0.4) is 0 Å². The molecule has 2 aromatic rings. The topological polar surface area (TPSA) is 49.9 Å². The van der Waals surface area contributed by atoms with Crippen LogP contribution >= 0.6 is 0 Å². The third kappa shape index (κ3) is 5.64. The zero-order chi connectivity index (χ0) is 23.3. The van der Waals surface area contributed by atoms with Crippen LogP contribution in [0, 0.1) is 5.41 Å². The molecule has 33 heavy (non-hydrogen) atoms. The van der Waals surface area contributed by atoms with Crippen molar-refractivity contribution in [1.82, 2.24) is 9.80 Å². The minimum Gasteiger partial charge on any atom is -0.378 e. The summed E-state index contributed by atoms with van der Waals surface area (Å²) in [5, 5.41) is 0. The zero-order valence-electron chi connectivity index (χ0n) is 20.0. The summed E-state index contributed by atoms with van der Waals surface area (Å²) >= 11 is 0. The number of benzene rings is 2. The smallest absolute Gasteiger partial charge is 0.230 e. The Kier molecular flexibility index (Phi) is 7.49. The summed E-state index contributed by atoms with van der Waals surface area (Å²) in [5.41, 5.74) is 2.92. The fourth-order valence-electron chi connectivity index (χ4n) is 5.36. The number of amides is 2. The lowest BCUT2D eigenvalue weighted by Gasteiger charge is -2.43. The highest BCUT2D eigenvalue weighted by Gasteiger charge is 2.44. The van der Waals surface area contributed by atoms with E-state index in [0.29, 0.717) is 19.4 Å². The van der Waals surface area contributed by atoms with Gasteiger partial charge in [-0.1, -0.05) is 54.6 Å². The van der Waals surface area contributed by atoms with Crippen molar-refractivity contribution in [2.45, 2.75) is 51.0 Å². The number of carbonyl (C=O) groups excluding carboxylic acids is 2. The molecule has 5 nitrogen and oxygen atoms in total. The number of rotatable bonds is 7. The minimum absolute atomic E-state index is 0.117. The van der Waals surface area contributed by atoms with Crippen LogP contribution in [0.25, 0.3) is 11.1 Å². The van der Waals surface area contributed by atoms with Crippen LogP contribution in [0.4, 0.5) is 0 Å². The van der Waals surface area contributed by atoms with E-state index in [9.17, 15) is 9.59 Å². The van der Waals surface area contributed by atoms with Crippen molar-refractivity contribution in [2.75, 3.05) is 33.8 Å². The van der Waals surface area contributed by atoms with Crippen LogP contribution in [0.1, 0.15) is 44.1 Å². The molecule has 0 radical (unpaired) electrons. The summed E-state index contributed by atoms with van der Waals surface area (Å²) in [5.74, 6) is 0.270. The number of carbonyl (C=O) groups is 2. The normalized spacial score (nSPS) is 22.8. The van der Waals surface area contributed by atoms with E-state index in [4.69, 9.17) is 4.74 Å². The van der Waals surface area contributed by atoms with Gasteiger partial charge in [-0.15, -0.1) is 0 Å². The Morgan fingerprint density at radius 2 is 1.76 bits per heavy atom. The summed E-state index contributed by atoms with van der Waals surface area (Å²) in [4.78, 5) is 30.1. The molecule has 2 heterocycles. The molecule has 0 aliphatic carbocycles. The molecule has 0 bridgehead atoms. The molecular weight excluding hydrogens is 412 g/mol. The third-order valence-electron chi connectivity index (χ3n) is 7.10. The molecule has 0 spiro atoms. The van der Waals surface area contributed by atoms with Gasteiger partial charge < -0.3 is 14.5 Å². The predicted octanol–water partition coefficient (Wildman–Crippen LogP) is 4.55. The largest absolute Gasteiger partial charge is 0.378 e. The molecule has 2 aliphatic heterocycles. The Labute approximate surface area is 197 Å². The fourth-order valence-corrected chi connectivity index (χ4v) is 5.36. The van der Waals surface area contributed by atoms with Gasteiger partial charge in [0.05, 0.1) is 11.5 Å². The number of hydrogen-bond acceptors (Lipinski definition) is 3. The average molecular weight is 449 g/mol. The summed E-state index contributed by atoms with van der Waals surface area (Å²) in [6.07, 6.45) is 5.95. The Morgan fingerprint density at radius 3 is 2.42 bits per heavy atom. The maximum atomic E-state index is 13.4. The maximum absolute atomic E-state index is 13.4. The number of hydrogen-bond donors (Lipinski definition) is 0. The Bertz CT molecular complexity index is 935. The van der Waals surface area contributed by atoms with Crippen molar-refractivity contribution < 1.29 is 14.3 Å². The van der Waals surface area contributed by atoms with E-state index in [2.05, 4.69) is 36.4 Å². The molecular formula is C28H36N2O3. The molecule has 176 valence electrons. The van der Waals surface area contributed by atoms with Crippen LogP contribution in [0.15, 0.2) is 54.6 Å². The van der Waals surface area contributed by atoms with E-state index in [1.807, 2.05) is 37.2 Å². The monoisotopic (exact) mass is 448 g/mol. The van der Waals surface area contributed by atoms with E-state index in [0.717, 1.165) is 50.8 Å². The standard InChI is InChI=1S/C28H36N2O3/c1-29(2)27(32)28(20-22-11-13-24(14-12-22)23-8-4-3-5-9-23)17-7-18-30(21-28)26(31)16-15-25-10-6-19-33-25/h3-5,8-9,11-14,25H,6-7,10,15-21H2,1-2H3/t25-,28-/m1/s1. The molecule has 5 heteroatoms. The lowest BCUT2D eigenvalue weighted by atomic mass is 9.73. The second kappa shape index (κ2) is 10.5. The average Bonchev–Trinajstić information content (AvgIpc) is 3.37. The molecule has 0 saturated carbocycles. The van der Waals surface area contributed by atoms with Crippen molar-refractivity contribution >= 4 is 11.8 Å². The SMILES string of the molecule is CN(C)C(=O)[C@@]1(Cc2ccc(-c3ccccc3)cc2)CCCN(C(=O)CC[C@H]2CCCO2)C1. The van der Waals surface area contributed by atoms with Crippen molar-refractivity contribution in [3.8, 4) is 11.1 Å². The summed E-state index contributed by atoms with van der Waals surface area (Å²) in [6, 6.07) is 18.8. The van der Waals surface area contributed by atoms with E-state index in [-0.39, 0.29) is 17.9 Å². The summed E-state index contributed by atoms with van der Waals surface area (Å²) in [6.45, 7) is 2.04. The van der Waals surface area contributed by atoms with Gasteiger partial charge in [0.25, 0.3) is 0 Å². The predicted molar refractivity (Wildman–Crippen MR) is 131 cm³/mol. The summed E-state index contributed by atoms with van der Waals surface area (Å²) in [7, 11) is 3.64. The van der Waals surface area contributed by atoms with Gasteiger partial charge in [0, 0.05) is 40.2 Å². The van der Waals surface area contributed by atoms with Gasteiger partial charge in [0.15, 0.2) is 0 Å². The fraction of sp³-hybridized carbons (Fsp3) is 0.500. The summed E-state index contributed by atoms with van der Waals surface area (Å²) < 4.78 is 5.69. The first-order valence-electron chi connectivity index (χ1n) is 12.2. The van der Waals surface area contributed by atoms with Crippen LogP contribution in [0.2, 0.25) is 0 Å². The van der Waals surface area contributed by atoms with Gasteiger partial charge in [0.1, 0.15) is 0 Å². The highest BCUT2D eigenvalue weighted by Crippen LogP contribution is 2.36. The highest BCUT2D eigenvalue weighted by atomic mass is 16.5. The van der Waals surface area contributed by atoms with Gasteiger partial charge in [-0.05, 0) is 55.2 Å². The van der Waals surface area contributed by atoms with Crippen molar-refractivity contribution in [3.05, 3.63) is 60.2 Å². The van der Waals surface area contributed by atoms with Gasteiger partial charge in [-0.3, -0.25) is 9.59 Å². The van der Waals surface area contributed by atoms with Gasteiger partial charge in [-0.25, -0.2) is 0 Å². The zero-order valence-corrected chi connectivity index (χ0v) is 20.0. The molecule has 2 aromatic carbocycles. The second-order valence-corrected chi connectivity index (χ2v) is 9.81. The van der Waals surface area contributed by atoms with E-state index in [1.165, 1.54) is 11.1 Å². The second-order valence-electron chi connectivity index (χ2n) is 9.81. The Morgan fingerprint density at radius 1 is 1.03 bits per heavy atom. The first-order chi connectivity index (χ1) is 16.0. The van der Waals surface area contributed by atoms with Crippen LogP contribution in [0.5, 0.6) is 0 Å². The van der Waals surface area contributed by atoms with Crippen LogP contribution in [-0.2, 0) is 20.7 Å². The van der Waals surface area contributed by atoms with Crippen molar-refractivity contribution in [2.24, 2.45) is 5.41 Å². The number of ether oxygens (including phenoxy) is 1. The number of piperidine rings is 1. The van der Waals surface area contributed by atoms with Crippen molar-refractivity contribution in [1.29, 1.82) is 0 Å². The Balaban J connectivity index is 1.48. The lowest BCUT2D eigenvalue weighted by molar-refractivity contribution is -0.147. The van der Waals surface area contributed by atoms with Crippen molar-refractivity contribution in [3.63, 3.8) is 0 Å². The first kappa shape index (κ1) is 23.5. The van der Waals surface area contributed by atoms with Crippen LogP contribution < -0.4 is 0 Å². The first-order valence-corrected chi connectivity index (χ1v) is 12.2. The highest BCUT2D eigenvalue weighted by molar-refractivity contribution is 5.85. The third-order valence-corrected chi connectivity index (χ3v) is 7.10. The van der Waals surface area contributed by atoms with Gasteiger partial charge in [-0.2, -0.15) is 0 Å². The molecule has 0 unspecified atom stereocenters. The van der Waals surface area contributed by atoms with E-state index >= 15 is 0 Å². The van der Waals surface area contributed by atoms with Gasteiger partial charge >= 0.3 is 0 Å². The minimum atomic E-state index is -0.574. The molecule has 2 atom stereocenters.